The largest absolute Gasteiger partial charge is 0.497 e. The molecule has 7 heteroatoms. The van der Waals surface area contributed by atoms with Gasteiger partial charge in [-0.25, -0.2) is 8.42 Å². The van der Waals surface area contributed by atoms with E-state index in [0.29, 0.717) is 12.1 Å². The number of nitrogens with one attached hydrogen (secondary N) is 1. The maximum Gasteiger partial charge on any atom is 0.244 e. The van der Waals surface area contributed by atoms with Crippen LogP contribution in [0, 0.1) is 13.8 Å². The number of carbonyl (C=O) groups is 1. The van der Waals surface area contributed by atoms with E-state index in [1.165, 1.54) is 4.31 Å². The molecule has 29 heavy (non-hydrogen) atoms. The zero-order valence-electron chi connectivity index (χ0n) is 17.9. The predicted molar refractivity (Wildman–Crippen MR) is 117 cm³/mol. The van der Waals surface area contributed by atoms with Gasteiger partial charge in [-0.1, -0.05) is 25.1 Å². The fourth-order valence-corrected chi connectivity index (χ4v) is 4.41. The molecule has 2 aromatic rings. The van der Waals surface area contributed by atoms with Crippen molar-refractivity contribution in [1.82, 2.24) is 5.32 Å². The first kappa shape index (κ1) is 22.7. The summed E-state index contributed by atoms with van der Waals surface area (Å²) in [4.78, 5) is 13.1. The minimum atomic E-state index is -3.66. The highest BCUT2D eigenvalue weighted by Crippen LogP contribution is 2.26. The first-order valence-electron chi connectivity index (χ1n) is 9.59. The Bertz CT molecular complexity index is 955. The summed E-state index contributed by atoms with van der Waals surface area (Å²) in [7, 11) is -2.06. The number of hydrogen-bond acceptors (Lipinski definition) is 4. The molecule has 0 spiro atoms. The number of aryl methyl sites for hydroxylation is 2. The quantitative estimate of drug-likeness (QED) is 0.709. The van der Waals surface area contributed by atoms with Gasteiger partial charge in [0.25, 0.3) is 0 Å². The topological polar surface area (TPSA) is 75.7 Å². The van der Waals surface area contributed by atoms with Crippen LogP contribution in [0.1, 0.15) is 43.0 Å². The Morgan fingerprint density at radius 1 is 1.10 bits per heavy atom. The third kappa shape index (κ3) is 5.50. The van der Waals surface area contributed by atoms with Gasteiger partial charge in [0.15, 0.2) is 0 Å². The van der Waals surface area contributed by atoms with Crippen molar-refractivity contribution >= 4 is 21.6 Å². The van der Waals surface area contributed by atoms with Crippen LogP contribution >= 0.6 is 0 Å². The fourth-order valence-electron chi connectivity index (χ4n) is 3.21. The van der Waals surface area contributed by atoms with E-state index in [1.807, 2.05) is 58.0 Å². The zero-order valence-corrected chi connectivity index (χ0v) is 18.7. The molecule has 0 unspecified atom stereocenters. The van der Waals surface area contributed by atoms with Crippen LogP contribution in [0.25, 0.3) is 0 Å². The van der Waals surface area contributed by atoms with E-state index < -0.39 is 16.1 Å². The first-order valence-corrected chi connectivity index (χ1v) is 11.4. The van der Waals surface area contributed by atoms with Gasteiger partial charge in [-0.15, -0.1) is 0 Å². The molecule has 158 valence electrons. The van der Waals surface area contributed by atoms with Crippen molar-refractivity contribution in [2.75, 3.05) is 17.7 Å². The second-order valence-electron chi connectivity index (χ2n) is 7.25. The van der Waals surface area contributed by atoms with Gasteiger partial charge in [-0.3, -0.25) is 9.10 Å². The lowest BCUT2D eigenvalue weighted by Gasteiger charge is -2.31. The second kappa shape index (κ2) is 9.31. The molecular formula is C22H30N2O4S. The highest BCUT2D eigenvalue weighted by atomic mass is 32.2. The minimum absolute atomic E-state index is 0.274. The molecule has 0 heterocycles. The number of rotatable bonds is 8. The lowest BCUT2D eigenvalue weighted by atomic mass is 10.1. The number of hydrogen-bond donors (Lipinski definition) is 1. The predicted octanol–water partition coefficient (Wildman–Crippen LogP) is 3.73. The van der Waals surface area contributed by atoms with Crippen molar-refractivity contribution in [3.05, 3.63) is 59.2 Å². The Morgan fingerprint density at radius 3 is 2.21 bits per heavy atom. The van der Waals surface area contributed by atoms with E-state index in [9.17, 15) is 13.2 Å². The molecule has 2 atom stereocenters. The monoisotopic (exact) mass is 418 g/mol. The molecule has 6 nitrogen and oxygen atoms in total. The Kier molecular flexibility index (Phi) is 7.30. The summed E-state index contributed by atoms with van der Waals surface area (Å²) < 4.78 is 31.6. The van der Waals surface area contributed by atoms with Crippen molar-refractivity contribution < 1.29 is 17.9 Å². The van der Waals surface area contributed by atoms with Gasteiger partial charge in [0.2, 0.25) is 15.9 Å². The molecule has 2 aromatic carbocycles. The van der Waals surface area contributed by atoms with Crippen molar-refractivity contribution in [1.29, 1.82) is 0 Å². The first-order chi connectivity index (χ1) is 13.6. The number of carbonyl (C=O) groups excluding carboxylic acids is 1. The number of ether oxygens (including phenoxy) is 1. The molecule has 0 radical (unpaired) electrons. The molecule has 0 saturated heterocycles. The van der Waals surface area contributed by atoms with E-state index in [-0.39, 0.29) is 11.9 Å². The van der Waals surface area contributed by atoms with E-state index in [1.54, 1.807) is 19.2 Å². The molecular weight excluding hydrogens is 388 g/mol. The van der Waals surface area contributed by atoms with Gasteiger partial charge in [-0.05, 0) is 68.1 Å². The number of sulfonamides is 1. The van der Waals surface area contributed by atoms with E-state index in [0.717, 1.165) is 28.7 Å². The van der Waals surface area contributed by atoms with Gasteiger partial charge >= 0.3 is 0 Å². The molecule has 0 aromatic heterocycles. The number of anilines is 1. The maximum absolute atomic E-state index is 13.1. The standard InChI is InChI=1S/C22H30N2O4S/c1-7-21(22(25)23-17(4)18-9-12-20(28-5)13-10-18)24(29(6,26)27)19-11-8-15(2)16(3)14-19/h8-14,17,21H,7H2,1-6H3,(H,23,25)/t17-,21-/m0/s1. The van der Waals surface area contributed by atoms with Crippen molar-refractivity contribution in [3.8, 4) is 5.75 Å². The highest BCUT2D eigenvalue weighted by Gasteiger charge is 2.32. The van der Waals surface area contributed by atoms with E-state index in [4.69, 9.17) is 4.74 Å². The Balaban J connectivity index is 2.30. The fraction of sp³-hybridized carbons (Fsp3) is 0.409. The van der Waals surface area contributed by atoms with Gasteiger partial charge in [-0.2, -0.15) is 0 Å². The highest BCUT2D eigenvalue weighted by molar-refractivity contribution is 7.92. The lowest BCUT2D eigenvalue weighted by Crippen LogP contribution is -2.49. The van der Waals surface area contributed by atoms with Crippen LogP contribution < -0.4 is 14.4 Å². The second-order valence-corrected chi connectivity index (χ2v) is 9.11. The SMILES string of the molecule is CC[C@@H](C(=O)N[C@@H](C)c1ccc(OC)cc1)N(c1ccc(C)c(C)c1)S(C)(=O)=O. The Morgan fingerprint density at radius 2 is 1.72 bits per heavy atom. The molecule has 1 N–H and O–H groups in total. The normalized spacial score (nSPS) is 13.4. The van der Waals surface area contributed by atoms with Crippen LogP contribution in [0.2, 0.25) is 0 Å². The summed E-state index contributed by atoms with van der Waals surface area (Å²) in [6, 6.07) is 11.7. The van der Waals surface area contributed by atoms with Crippen LogP contribution in [-0.4, -0.2) is 33.7 Å². The van der Waals surface area contributed by atoms with Crippen molar-refractivity contribution in [3.63, 3.8) is 0 Å². The smallest absolute Gasteiger partial charge is 0.244 e. The van der Waals surface area contributed by atoms with Crippen LogP contribution in [-0.2, 0) is 14.8 Å². The summed E-state index contributed by atoms with van der Waals surface area (Å²) >= 11 is 0. The number of benzene rings is 2. The zero-order chi connectivity index (χ0) is 21.8. The van der Waals surface area contributed by atoms with Gasteiger partial charge in [0.1, 0.15) is 11.8 Å². The lowest BCUT2D eigenvalue weighted by molar-refractivity contribution is -0.122. The minimum Gasteiger partial charge on any atom is -0.497 e. The Labute approximate surface area is 173 Å². The van der Waals surface area contributed by atoms with Gasteiger partial charge < -0.3 is 10.1 Å². The van der Waals surface area contributed by atoms with Crippen molar-refractivity contribution in [2.45, 2.75) is 46.2 Å². The van der Waals surface area contributed by atoms with Crippen LogP contribution in [0.5, 0.6) is 5.75 Å². The van der Waals surface area contributed by atoms with Crippen LogP contribution in [0.4, 0.5) is 5.69 Å². The average Bonchev–Trinajstić information content (AvgIpc) is 2.67. The third-order valence-corrected chi connectivity index (χ3v) is 6.23. The summed E-state index contributed by atoms with van der Waals surface area (Å²) in [5.74, 6) is 0.399. The van der Waals surface area contributed by atoms with Crippen LogP contribution in [0.3, 0.4) is 0 Å². The Hall–Kier alpha value is -2.54. The molecule has 0 fully saturated rings. The van der Waals surface area contributed by atoms with Gasteiger partial charge in [0, 0.05) is 0 Å². The maximum atomic E-state index is 13.1. The molecule has 0 bridgehead atoms. The summed E-state index contributed by atoms with van der Waals surface area (Å²) in [5, 5.41) is 2.95. The van der Waals surface area contributed by atoms with E-state index >= 15 is 0 Å². The number of methoxy groups -OCH3 is 1. The molecule has 0 aliphatic heterocycles. The molecule has 2 rings (SSSR count). The van der Waals surface area contributed by atoms with Crippen molar-refractivity contribution in [2.24, 2.45) is 0 Å². The summed E-state index contributed by atoms with van der Waals surface area (Å²) in [6.07, 6.45) is 1.48. The summed E-state index contributed by atoms with van der Waals surface area (Å²) in [6.45, 7) is 7.56. The molecule has 0 aliphatic rings. The summed E-state index contributed by atoms with van der Waals surface area (Å²) in [5.41, 5.74) is 3.44. The van der Waals surface area contributed by atoms with Crippen LogP contribution in [0.15, 0.2) is 42.5 Å². The average molecular weight is 419 g/mol. The third-order valence-electron chi connectivity index (χ3n) is 5.05. The molecule has 1 amide bonds. The molecule has 0 saturated carbocycles. The van der Waals surface area contributed by atoms with E-state index in [2.05, 4.69) is 5.32 Å². The number of nitrogens with zero attached hydrogens (tertiary/aromatic N) is 1. The number of amides is 1. The van der Waals surface area contributed by atoms with Gasteiger partial charge in [0.05, 0.1) is 25.1 Å². The molecule has 0 aliphatic carbocycles.